The Bertz CT molecular complexity index is 665. The van der Waals surface area contributed by atoms with Crippen LogP contribution in [0.15, 0.2) is 12.1 Å². The number of carbonyl (C=O) groups excluding carboxylic acids is 1. The highest BCUT2D eigenvalue weighted by Crippen LogP contribution is 2.25. The molecule has 5 nitrogen and oxygen atoms in total. The summed E-state index contributed by atoms with van der Waals surface area (Å²) in [6.07, 6.45) is 0. The van der Waals surface area contributed by atoms with Gasteiger partial charge in [-0.15, -0.1) is 22.7 Å². The Kier molecular flexibility index (Phi) is 4.42. The van der Waals surface area contributed by atoms with Crippen LogP contribution in [0.3, 0.4) is 0 Å². The molecule has 0 radical (unpaired) electrons. The van der Waals surface area contributed by atoms with Gasteiger partial charge in [0, 0.05) is 0 Å². The largest absolute Gasteiger partial charge is 0.477 e. The van der Waals surface area contributed by atoms with Crippen LogP contribution in [0.4, 0.5) is 0 Å². The van der Waals surface area contributed by atoms with Gasteiger partial charge in [0.05, 0.1) is 20.9 Å². The first-order chi connectivity index (χ1) is 9.38. The molecule has 0 aliphatic carbocycles. The summed E-state index contributed by atoms with van der Waals surface area (Å²) in [6, 6.07) is 2.94. The van der Waals surface area contributed by atoms with E-state index in [-0.39, 0.29) is 16.8 Å². The van der Waals surface area contributed by atoms with Crippen molar-refractivity contribution >= 4 is 46.2 Å². The van der Waals surface area contributed by atoms with E-state index in [4.69, 9.17) is 16.7 Å². The molecule has 2 aromatic heterocycles. The van der Waals surface area contributed by atoms with Gasteiger partial charge < -0.3 is 10.4 Å². The fourth-order valence-corrected chi connectivity index (χ4v) is 3.42. The minimum atomic E-state index is -1.00. The van der Waals surface area contributed by atoms with Crippen molar-refractivity contribution in [1.29, 1.82) is 0 Å². The molecular formula is C12H11ClN2O3S2. The summed E-state index contributed by atoms with van der Waals surface area (Å²) in [5.41, 5.74) is 0.456. The fraction of sp³-hybridized carbons (Fsp3) is 0.250. The molecule has 20 heavy (non-hydrogen) atoms. The third kappa shape index (κ3) is 3.17. The Morgan fingerprint density at radius 2 is 2.10 bits per heavy atom. The highest BCUT2D eigenvalue weighted by Gasteiger charge is 2.20. The molecule has 8 heteroatoms. The van der Waals surface area contributed by atoms with Crippen molar-refractivity contribution in [3.05, 3.63) is 36.9 Å². The second-order valence-corrected chi connectivity index (χ2v) is 6.82. The predicted molar refractivity (Wildman–Crippen MR) is 79.0 cm³/mol. The smallest absolute Gasteiger partial charge is 0.347 e. The summed E-state index contributed by atoms with van der Waals surface area (Å²) in [5, 5.41) is 12.3. The number of carboxylic acids is 1. The molecule has 106 valence electrons. The zero-order chi connectivity index (χ0) is 14.9. The molecule has 0 bridgehead atoms. The molecule has 1 atom stereocenters. The van der Waals surface area contributed by atoms with Gasteiger partial charge in [-0.1, -0.05) is 11.6 Å². The minimum absolute atomic E-state index is 0.195. The van der Waals surface area contributed by atoms with E-state index in [1.807, 2.05) is 0 Å². The van der Waals surface area contributed by atoms with Gasteiger partial charge in [-0.3, -0.25) is 4.79 Å². The second kappa shape index (κ2) is 5.90. The van der Waals surface area contributed by atoms with Gasteiger partial charge in [-0.25, -0.2) is 9.78 Å². The van der Waals surface area contributed by atoms with Crippen LogP contribution in [-0.2, 0) is 0 Å². The summed E-state index contributed by atoms with van der Waals surface area (Å²) in [6.45, 7) is 3.40. The molecule has 0 spiro atoms. The number of thiazole rings is 1. The van der Waals surface area contributed by atoms with Crippen molar-refractivity contribution in [2.24, 2.45) is 0 Å². The molecule has 2 rings (SSSR count). The molecule has 0 saturated heterocycles. The van der Waals surface area contributed by atoms with Gasteiger partial charge in [0.2, 0.25) is 0 Å². The van der Waals surface area contributed by atoms with E-state index in [2.05, 4.69) is 10.3 Å². The quantitative estimate of drug-likeness (QED) is 0.901. The number of thiophene rings is 1. The summed E-state index contributed by atoms with van der Waals surface area (Å²) in [4.78, 5) is 27.8. The van der Waals surface area contributed by atoms with Gasteiger partial charge >= 0.3 is 5.97 Å². The Hall–Kier alpha value is -1.44. The lowest BCUT2D eigenvalue weighted by atomic mass is 10.3. The number of nitrogens with one attached hydrogen (secondary N) is 1. The molecule has 0 aromatic carbocycles. The third-order valence-corrected chi connectivity index (χ3v) is 5.08. The first kappa shape index (κ1) is 15.0. The van der Waals surface area contributed by atoms with Crippen molar-refractivity contribution in [2.45, 2.75) is 19.9 Å². The zero-order valence-electron chi connectivity index (χ0n) is 10.6. The number of aromatic nitrogens is 1. The molecule has 0 aliphatic rings. The number of amides is 1. The maximum atomic E-state index is 12.0. The first-order valence-corrected chi connectivity index (χ1v) is 7.66. The summed E-state index contributed by atoms with van der Waals surface area (Å²) >= 11 is 8.04. The molecule has 2 aromatic rings. The van der Waals surface area contributed by atoms with Crippen LogP contribution in [0.1, 0.15) is 43.0 Å². The molecule has 2 heterocycles. The first-order valence-electron chi connectivity index (χ1n) is 5.65. The van der Waals surface area contributed by atoms with E-state index in [1.165, 1.54) is 11.3 Å². The van der Waals surface area contributed by atoms with E-state index < -0.39 is 5.97 Å². The van der Waals surface area contributed by atoms with E-state index in [9.17, 15) is 9.59 Å². The van der Waals surface area contributed by atoms with Crippen molar-refractivity contribution in [3.63, 3.8) is 0 Å². The van der Waals surface area contributed by atoms with Gasteiger partial charge in [0.25, 0.3) is 5.91 Å². The maximum Gasteiger partial charge on any atom is 0.347 e. The fourth-order valence-electron chi connectivity index (χ4n) is 1.57. The lowest BCUT2D eigenvalue weighted by Crippen LogP contribution is -2.25. The van der Waals surface area contributed by atoms with Gasteiger partial charge in [-0.2, -0.15) is 0 Å². The van der Waals surface area contributed by atoms with Crippen molar-refractivity contribution in [2.75, 3.05) is 0 Å². The predicted octanol–water partition coefficient (Wildman–Crippen LogP) is 3.36. The summed E-state index contributed by atoms with van der Waals surface area (Å²) in [7, 11) is 0. The van der Waals surface area contributed by atoms with Crippen LogP contribution in [0, 0.1) is 6.92 Å². The average molecular weight is 331 g/mol. The summed E-state index contributed by atoms with van der Waals surface area (Å²) < 4.78 is 0.543. The van der Waals surface area contributed by atoms with Crippen LogP contribution in [0.25, 0.3) is 0 Å². The molecule has 1 amide bonds. The zero-order valence-corrected chi connectivity index (χ0v) is 13.0. The van der Waals surface area contributed by atoms with E-state index in [0.29, 0.717) is 19.9 Å². The van der Waals surface area contributed by atoms with Crippen LogP contribution in [-0.4, -0.2) is 22.0 Å². The number of halogens is 1. The minimum Gasteiger partial charge on any atom is -0.477 e. The number of carboxylic acid groups (broad SMARTS) is 1. The van der Waals surface area contributed by atoms with Crippen LogP contribution < -0.4 is 5.32 Å². The lowest BCUT2D eigenvalue weighted by Gasteiger charge is -2.09. The van der Waals surface area contributed by atoms with Gasteiger partial charge in [0.15, 0.2) is 0 Å². The number of aromatic carboxylic acids is 1. The number of hydrogen-bond acceptors (Lipinski definition) is 5. The lowest BCUT2D eigenvalue weighted by molar-refractivity contribution is 0.0701. The molecular weight excluding hydrogens is 320 g/mol. The number of rotatable bonds is 4. The van der Waals surface area contributed by atoms with E-state index >= 15 is 0 Å². The molecule has 0 fully saturated rings. The van der Waals surface area contributed by atoms with Crippen molar-refractivity contribution in [1.82, 2.24) is 10.3 Å². The van der Waals surface area contributed by atoms with Gasteiger partial charge in [0.1, 0.15) is 9.88 Å². The third-order valence-electron chi connectivity index (χ3n) is 2.52. The number of carbonyl (C=O) groups is 2. The number of hydrogen-bond donors (Lipinski definition) is 2. The number of nitrogens with zero attached hydrogens (tertiary/aromatic N) is 1. The van der Waals surface area contributed by atoms with E-state index in [0.717, 1.165) is 11.3 Å². The standard InChI is InChI=1S/C12H11ClN2O3S2/c1-5-9(12(17)18)20-11(15-5)6(2)14-10(16)7-3-4-8(13)19-7/h3-4,6H,1-2H3,(H,14,16)(H,17,18). The van der Waals surface area contributed by atoms with Gasteiger partial charge in [-0.05, 0) is 26.0 Å². The topological polar surface area (TPSA) is 79.3 Å². The number of aryl methyl sites for hydroxylation is 1. The Morgan fingerprint density at radius 1 is 1.40 bits per heavy atom. The molecule has 2 N–H and O–H groups in total. The molecule has 1 unspecified atom stereocenters. The van der Waals surface area contributed by atoms with Crippen molar-refractivity contribution < 1.29 is 14.7 Å². The van der Waals surface area contributed by atoms with E-state index in [1.54, 1.807) is 26.0 Å². The monoisotopic (exact) mass is 330 g/mol. The Balaban J connectivity index is 2.12. The van der Waals surface area contributed by atoms with Crippen molar-refractivity contribution in [3.8, 4) is 0 Å². The average Bonchev–Trinajstić information content (AvgIpc) is 2.95. The van der Waals surface area contributed by atoms with Crippen LogP contribution in [0.2, 0.25) is 4.34 Å². The highest BCUT2D eigenvalue weighted by atomic mass is 35.5. The van der Waals surface area contributed by atoms with Crippen LogP contribution >= 0.6 is 34.3 Å². The Morgan fingerprint density at radius 3 is 2.60 bits per heavy atom. The maximum absolute atomic E-state index is 12.0. The summed E-state index contributed by atoms with van der Waals surface area (Å²) in [5.74, 6) is -1.26. The normalized spacial score (nSPS) is 12.2. The molecule has 0 aliphatic heterocycles. The molecule has 0 saturated carbocycles. The SMILES string of the molecule is Cc1nc(C(C)NC(=O)c2ccc(Cl)s2)sc1C(=O)O. The Labute approximate surface area is 128 Å². The van der Waals surface area contributed by atoms with Crippen LogP contribution in [0.5, 0.6) is 0 Å². The second-order valence-electron chi connectivity index (χ2n) is 4.07. The highest BCUT2D eigenvalue weighted by molar-refractivity contribution is 7.18.